The maximum Gasteiger partial charge on any atom is 0.327 e. The molecule has 1 aromatic carbocycles. The van der Waals surface area contributed by atoms with Gasteiger partial charge in [0, 0.05) is 24.7 Å². The van der Waals surface area contributed by atoms with Gasteiger partial charge in [0.25, 0.3) is 0 Å². The number of hydrogen-bond donors (Lipinski definition) is 2. The van der Waals surface area contributed by atoms with Crippen LogP contribution in [0.25, 0.3) is 0 Å². The summed E-state index contributed by atoms with van der Waals surface area (Å²) in [5.41, 5.74) is 1.57. The van der Waals surface area contributed by atoms with Crippen LogP contribution in [-0.2, 0) is 11.2 Å². The number of nitrogens with one attached hydrogen (secondary N) is 1. The van der Waals surface area contributed by atoms with E-state index in [2.05, 4.69) is 5.32 Å². The van der Waals surface area contributed by atoms with Crippen LogP contribution >= 0.6 is 0 Å². The Kier molecular flexibility index (Phi) is 4.47. The van der Waals surface area contributed by atoms with Crippen LogP contribution in [0.2, 0.25) is 0 Å². The molecular weight excluding hydrogens is 270 g/mol. The summed E-state index contributed by atoms with van der Waals surface area (Å²) >= 11 is 0. The summed E-state index contributed by atoms with van der Waals surface area (Å²) in [6.45, 7) is 2.46. The summed E-state index contributed by atoms with van der Waals surface area (Å²) in [5.74, 6) is -0.984. The first-order chi connectivity index (χ1) is 9.91. The molecule has 21 heavy (non-hydrogen) atoms. The standard InChI is InChI=1S/C15H21N3O3/c1-10(17(2)3)9-16-15(21)18-12-7-5-4-6-11(12)8-13(18)14(19)20/h4-7,10,13H,8-9H2,1-3H3,(H,16,21)(H,19,20)/t10?,13-/m0/s1. The Balaban J connectivity index is 2.15. The third-order valence-corrected chi connectivity index (χ3v) is 3.91. The Hall–Kier alpha value is -2.08. The van der Waals surface area contributed by atoms with Crippen LogP contribution in [0.4, 0.5) is 10.5 Å². The maximum atomic E-state index is 12.4. The number of rotatable bonds is 4. The van der Waals surface area contributed by atoms with E-state index in [0.29, 0.717) is 18.7 Å². The fourth-order valence-corrected chi connectivity index (χ4v) is 2.34. The minimum absolute atomic E-state index is 0.176. The molecule has 1 aliphatic heterocycles. The molecule has 0 fully saturated rings. The first kappa shape index (κ1) is 15.3. The van der Waals surface area contributed by atoms with Crippen LogP contribution in [-0.4, -0.2) is 54.7 Å². The number of likely N-dealkylation sites (N-methyl/N-ethyl adjacent to an activating group) is 1. The number of hydrogen-bond acceptors (Lipinski definition) is 3. The highest BCUT2D eigenvalue weighted by Gasteiger charge is 2.38. The Bertz CT molecular complexity index is 545. The van der Waals surface area contributed by atoms with Crippen LogP contribution in [0.3, 0.4) is 0 Å². The third-order valence-electron chi connectivity index (χ3n) is 3.91. The molecule has 1 aromatic rings. The summed E-state index contributed by atoms with van der Waals surface area (Å²) in [5, 5.41) is 12.2. The summed E-state index contributed by atoms with van der Waals surface area (Å²) in [6, 6.07) is 6.29. The van der Waals surface area contributed by atoms with Gasteiger partial charge in [-0.3, -0.25) is 4.90 Å². The summed E-state index contributed by atoms with van der Waals surface area (Å²) in [6.07, 6.45) is 0.349. The number of carbonyl (C=O) groups excluding carboxylic acids is 1. The van der Waals surface area contributed by atoms with Gasteiger partial charge in [-0.25, -0.2) is 9.59 Å². The molecule has 2 rings (SSSR count). The molecule has 114 valence electrons. The zero-order chi connectivity index (χ0) is 15.6. The molecule has 1 heterocycles. The zero-order valence-electron chi connectivity index (χ0n) is 12.5. The lowest BCUT2D eigenvalue weighted by Gasteiger charge is -2.25. The Morgan fingerprint density at radius 1 is 1.43 bits per heavy atom. The van der Waals surface area contributed by atoms with E-state index < -0.39 is 12.0 Å². The smallest absolute Gasteiger partial charge is 0.327 e. The van der Waals surface area contributed by atoms with Crippen LogP contribution in [0.15, 0.2) is 24.3 Å². The first-order valence-electron chi connectivity index (χ1n) is 6.96. The van der Waals surface area contributed by atoms with Gasteiger partial charge >= 0.3 is 12.0 Å². The van der Waals surface area contributed by atoms with E-state index in [1.807, 2.05) is 44.1 Å². The molecule has 0 bridgehead atoms. The van der Waals surface area contributed by atoms with Crippen molar-refractivity contribution in [3.8, 4) is 0 Å². The Morgan fingerprint density at radius 3 is 2.71 bits per heavy atom. The number of para-hydroxylation sites is 1. The van der Waals surface area contributed by atoms with Gasteiger partial charge < -0.3 is 15.3 Å². The van der Waals surface area contributed by atoms with Crippen molar-refractivity contribution in [1.29, 1.82) is 0 Å². The number of urea groups is 1. The fraction of sp³-hybridized carbons (Fsp3) is 0.467. The molecule has 0 aromatic heterocycles. The third kappa shape index (κ3) is 3.16. The van der Waals surface area contributed by atoms with Crippen molar-refractivity contribution in [2.24, 2.45) is 0 Å². The minimum Gasteiger partial charge on any atom is -0.480 e. The molecule has 0 saturated heterocycles. The van der Waals surface area contributed by atoms with E-state index in [9.17, 15) is 14.7 Å². The average molecular weight is 291 g/mol. The second-order valence-corrected chi connectivity index (χ2v) is 5.56. The van der Waals surface area contributed by atoms with Crippen LogP contribution in [0.1, 0.15) is 12.5 Å². The lowest BCUT2D eigenvalue weighted by molar-refractivity contribution is -0.138. The van der Waals surface area contributed by atoms with Gasteiger partial charge in [0.1, 0.15) is 6.04 Å². The molecule has 0 aliphatic carbocycles. The zero-order valence-corrected chi connectivity index (χ0v) is 12.5. The highest BCUT2D eigenvalue weighted by atomic mass is 16.4. The van der Waals surface area contributed by atoms with Gasteiger partial charge in [-0.05, 0) is 32.6 Å². The number of carboxylic acid groups (broad SMARTS) is 1. The lowest BCUT2D eigenvalue weighted by Crippen LogP contribution is -2.50. The molecule has 0 spiro atoms. The van der Waals surface area contributed by atoms with Crippen molar-refractivity contribution in [2.75, 3.05) is 25.5 Å². The molecule has 0 radical (unpaired) electrons. The SMILES string of the molecule is CC(CNC(=O)N1c2ccccc2C[C@H]1C(=O)O)N(C)C. The summed E-state index contributed by atoms with van der Waals surface area (Å²) in [4.78, 5) is 27.1. The number of anilines is 1. The van der Waals surface area contributed by atoms with Gasteiger partial charge in [0.05, 0.1) is 0 Å². The molecule has 6 nitrogen and oxygen atoms in total. The number of carbonyl (C=O) groups is 2. The quantitative estimate of drug-likeness (QED) is 0.873. The largest absolute Gasteiger partial charge is 0.480 e. The molecule has 0 saturated carbocycles. The highest BCUT2D eigenvalue weighted by Crippen LogP contribution is 2.32. The van der Waals surface area contributed by atoms with Gasteiger partial charge in [-0.2, -0.15) is 0 Å². The highest BCUT2D eigenvalue weighted by molar-refractivity contribution is 6.01. The molecule has 6 heteroatoms. The van der Waals surface area contributed by atoms with Crippen LogP contribution in [0, 0.1) is 0 Å². The second-order valence-electron chi connectivity index (χ2n) is 5.56. The van der Waals surface area contributed by atoms with E-state index in [-0.39, 0.29) is 12.1 Å². The van der Waals surface area contributed by atoms with Crippen LogP contribution in [0.5, 0.6) is 0 Å². The molecule has 1 unspecified atom stereocenters. The number of amides is 2. The predicted molar refractivity (Wildman–Crippen MR) is 80.6 cm³/mol. The van der Waals surface area contributed by atoms with Gasteiger partial charge in [0.2, 0.25) is 0 Å². The minimum atomic E-state index is -0.984. The van der Waals surface area contributed by atoms with Gasteiger partial charge in [0.15, 0.2) is 0 Å². The van der Waals surface area contributed by atoms with Crippen molar-refractivity contribution in [1.82, 2.24) is 10.2 Å². The van der Waals surface area contributed by atoms with Gasteiger partial charge in [-0.15, -0.1) is 0 Å². The number of nitrogens with zero attached hydrogens (tertiary/aromatic N) is 2. The molecule has 2 amide bonds. The number of benzene rings is 1. The van der Waals surface area contributed by atoms with E-state index in [4.69, 9.17) is 0 Å². The fourth-order valence-electron chi connectivity index (χ4n) is 2.34. The van der Waals surface area contributed by atoms with Crippen molar-refractivity contribution >= 4 is 17.7 Å². The van der Waals surface area contributed by atoms with Gasteiger partial charge in [-0.1, -0.05) is 18.2 Å². The van der Waals surface area contributed by atoms with E-state index in [1.165, 1.54) is 4.90 Å². The molecule has 2 N–H and O–H groups in total. The second kappa shape index (κ2) is 6.13. The van der Waals surface area contributed by atoms with Crippen molar-refractivity contribution in [2.45, 2.75) is 25.4 Å². The number of aliphatic carboxylic acids is 1. The first-order valence-corrected chi connectivity index (χ1v) is 6.96. The van der Waals surface area contributed by atoms with Crippen molar-refractivity contribution in [3.05, 3.63) is 29.8 Å². The van der Waals surface area contributed by atoms with E-state index in [1.54, 1.807) is 6.07 Å². The number of fused-ring (bicyclic) bond motifs is 1. The molecule has 2 atom stereocenters. The average Bonchev–Trinajstić information content (AvgIpc) is 2.83. The van der Waals surface area contributed by atoms with Crippen molar-refractivity contribution < 1.29 is 14.7 Å². The van der Waals surface area contributed by atoms with Crippen LogP contribution < -0.4 is 10.2 Å². The van der Waals surface area contributed by atoms with E-state index >= 15 is 0 Å². The molecule has 1 aliphatic rings. The Morgan fingerprint density at radius 2 is 2.10 bits per heavy atom. The topological polar surface area (TPSA) is 72.9 Å². The lowest BCUT2D eigenvalue weighted by atomic mass is 10.1. The molecular formula is C15H21N3O3. The normalized spacial score (nSPS) is 18.5. The maximum absolute atomic E-state index is 12.4. The predicted octanol–water partition coefficient (Wildman–Crippen LogP) is 1.16. The van der Waals surface area contributed by atoms with E-state index in [0.717, 1.165) is 5.56 Å². The van der Waals surface area contributed by atoms with Crippen molar-refractivity contribution in [3.63, 3.8) is 0 Å². The number of carboxylic acids is 1. The summed E-state index contributed by atoms with van der Waals surface area (Å²) < 4.78 is 0. The monoisotopic (exact) mass is 291 g/mol. The Labute approximate surface area is 124 Å². The summed E-state index contributed by atoms with van der Waals surface area (Å²) in [7, 11) is 3.87.